The van der Waals surface area contributed by atoms with Crippen molar-refractivity contribution in [2.45, 2.75) is 26.7 Å². The number of carbonyl (C=O) groups is 1. The Morgan fingerprint density at radius 1 is 1.48 bits per heavy atom. The van der Waals surface area contributed by atoms with Gasteiger partial charge in [-0.3, -0.25) is 4.79 Å². The molecule has 1 N–H and O–H groups in total. The molecule has 3 rings (SSSR count). The van der Waals surface area contributed by atoms with Crippen LogP contribution in [0.25, 0.3) is 11.2 Å². The van der Waals surface area contributed by atoms with Gasteiger partial charge in [0.1, 0.15) is 11.5 Å². The fourth-order valence-electron chi connectivity index (χ4n) is 2.11. The normalized spacial score (nSPS) is 13.6. The van der Waals surface area contributed by atoms with Crippen LogP contribution in [0.5, 0.6) is 0 Å². The van der Waals surface area contributed by atoms with Crippen LogP contribution < -0.4 is 5.32 Å². The van der Waals surface area contributed by atoms with Crippen LogP contribution in [-0.4, -0.2) is 20.5 Å². The van der Waals surface area contributed by atoms with Gasteiger partial charge >= 0.3 is 0 Å². The molecule has 0 aromatic carbocycles. The lowest BCUT2D eigenvalue weighted by Gasteiger charge is -2.08. The van der Waals surface area contributed by atoms with E-state index in [4.69, 9.17) is 0 Å². The summed E-state index contributed by atoms with van der Waals surface area (Å²) in [5.41, 5.74) is 2.97. The summed E-state index contributed by atoms with van der Waals surface area (Å²) >= 11 is 0. The van der Waals surface area contributed by atoms with E-state index in [0.717, 1.165) is 24.1 Å². The van der Waals surface area contributed by atoms with Gasteiger partial charge in [-0.25, -0.2) is 9.50 Å². The molecule has 2 aromatic heterocycles. The van der Waals surface area contributed by atoms with E-state index in [0.29, 0.717) is 17.2 Å². The first-order chi connectivity index (χ1) is 10.1. The molecule has 0 spiro atoms. The quantitative estimate of drug-likeness (QED) is 0.879. The zero-order valence-electron chi connectivity index (χ0n) is 12.1. The average molecular weight is 280 g/mol. The number of allylic oxidation sites excluding steroid dienone is 1. The molecule has 0 saturated heterocycles. The minimum Gasteiger partial charge on any atom is -0.310 e. The molecule has 5 heteroatoms. The Labute approximate surface area is 123 Å². The van der Waals surface area contributed by atoms with E-state index in [1.807, 2.05) is 6.92 Å². The van der Waals surface area contributed by atoms with Crippen molar-refractivity contribution in [3.63, 3.8) is 0 Å². The fourth-order valence-corrected chi connectivity index (χ4v) is 2.11. The first kappa shape index (κ1) is 13.4. The smallest absolute Gasteiger partial charge is 0.228 e. The number of aromatic nitrogens is 3. The van der Waals surface area contributed by atoms with E-state index in [1.165, 1.54) is 0 Å². The van der Waals surface area contributed by atoms with Crippen molar-refractivity contribution < 1.29 is 4.79 Å². The molecule has 2 aromatic rings. The molecule has 0 unspecified atom stereocenters. The van der Waals surface area contributed by atoms with Crippen LogP contribution in [0.3, 0.4) is 0 Å². The van der Waals surface area contributed by atoms with Crippen LogP contribution in [0, 0.1) is 17.8 Å². The fraction of sp³-hybridized carbons (Fsp3) is 0.312. The van der Waals surface area contributed by atoms with Crippen molar-refractivity contribution in [3.05, 3.63) is 30.1 Å². The molecule has 0 atom stereocenters. The summed E-state index contributed by atoms with van der Waals surface area (Å²) in [5, 5.41) is 7.26. The monoisotopic (exact) mass is 280 g/mol. The van der Waals surface area contributed by atoms with Crippen molar-refractivity contribution in [2.75, 3.05) is 5.32 Å². The standard InChI is InChI=1S/C16H16N4O/c1-4-5-12-8-15-17-14(18-16(21)11-6-7-11)9-13(10(2)3)20(15)19-12/h8-9,11H,2,6-7H2,1,3H3,(H,17,18,21). The highest BCUT2D eigenvalue weighted by atomic mass is 16.2. The minimum atomic E-state index is 0.0348. The van der Waals surface area contributed by atoms with E-state index in [9.17, 15) is 4.79 Å². The van der Waals surface area contributed by atoms with Gasteiger partial charge in [-0.05, 0) is 38.2 Å². The summed E-state index contributed by atoms with van der Waals surface area (Å²) in [4.78, 5) is 16.3. The van der Waals surface area contributed by atoms with Crippen molar-refractivity contribution in [1.29, 1.82) is 0 Å². The Morgan fingerprint density at radius 2 is 2.24 bits per heavy atom. The van der Waals surface area contributed by atoms with Gasteiger partial charge < -0.3 is 5.32 Å². The van der Waals surface area contributed by atoms with Crippen LogP contribution >= 0.6 is 0 Å². The molecule has 0 aliphatic heterocycles. The molecular formula is C16H16N4O. The van der Waals surface area contributed by atoms with E-state index in [1.54, 1.807) is 23.6 Å². The molecule has 1 fully saturated rings. The molecule has 5 nitrogen and oxygen atoms in total. The summed E-state index contributed by atoms with van der Waals surface area (Å²) in [6.07, 6.45) is 1.93. The topological polar surface area (TPSA) is 59.3 Å². The largest absolute Gasteiger partial charge is 0.310 e. The lowest BCUT2D eigenvalue weighted by molar-refractivity contribution is -0.117. The maximum absolute atomic E-state index is 11.9. The van der Waals surface area contributed by atoms with Crippen LogP contribution in [0.1, 0.15) is 38.1 Å². The van der Waals surface area contributed by atoms with Gasteiger partial charge in [0.15, 0.2) is 5.65 Å². The molecule has 1 aliphatic rings. The second-order valence-electron chi connectivity index (χ2n) is 5.25. The van der Waals surface area contributed by atoms with Gasteiger partial charge in [0.25, 0.3) is 0 Å². The lowest BCUT2D eigenvalue weighted by atomic mass is 10.2. The highest BCUT2D eigenvalue weighted by molar-refractivity contribution is 5.93. The van der Waals surface area contributed by atoms with Crippen LogP contribution in [0.4, 0.5) is 5.82 Å². The highest BCUT2D eigenvalue weighted by Gasteiger charge is 2.30. The predicted molar refractivity (Wildman–Crippen MR) is 81.6 cm³/mol. The summed E-state index contributed by atoms with van der Waals surface area (Å²) in [5.74, 6) is 6.44. The third kappa shape index (κ3) is 2.65. The average Bonchev–Trinajstić information content (AvgIpc) is 3.19. The van der Waals surface area contributed by atoms with E-state index < -0.39 is 0 Å². The number of hydrogen-bond acceptors (Lipinski definition) is 3. The van der Waals surface area contributed by atoms with Crippen molar-refractivity contribution >= 4 is 22.9 Å². The minimum absolute atomic E-state index is 0.0348. The summed E-state index contributed by atoms with van der Waals surface area (Å²) in [6, 6.07) is 3.60. The first-order valence-electron chi connectivity index (χ1n) is 6.89. The Morgan fingerprint density at radius 3 is 2.86 bits per heavy atom. The number of hydrogen-bond donors (Lipinski definition) is 1. The second-order valence-corrected chi connectivity index (χ2v) is 5.25. The van der Waals surface area contributed by atoms with E-state index >= 15 is 0 Å². The van der Waals surface area contributed by atoms with Crippen LogP contribution in [0.2, 0.25) is 0 Å². The number of nitrogens with one attached hydrogen (secondary N) is 1. The number of nitrogens with zero attached hydrogens (tertiary/aromatic N) is 3. The third-order valence-electron chi connectivity index (χ3n) is 3.32. The van der Waals surface area contributed by atoms with E-state index in [-0.39, 0.29) is 11.8 Å². The number of fused-ring (bicyclic) bond motifs is 1. The maximum atomic E-state index is 11.9. The summed E-state index contributed by atoms with van der Waals surface area (Å²) in [7, 11) is 0. The van der Waals surface area contributed by atoms with E-state index in [2.05, 4.69) is 33.8 Å². The Bertz CT molecular complexity index is 803. The van der Waals surface area contributed by atoms with Crippen molar-refractivity contribution in [3.8, 4) is 11.8 Å². The number of rotatable bonds is 3. The molecule has 21 heavy (non-hydrogen) atoms. The molecule has 106 valence electrons. The molecule has 2 heterocycles. The molecule has 0 radical (unpaired) electrons. The third-order valence-corrected chi connectivity index (χ3v) is 3.32. The van der Waals surface area contributed by atoms with Gasteiger partial charge in [0.2, 0.25) is 5.91 Å². The zero-order valence-corrected chi connectivity index (χ0v) is 12.1. The number of amides is 1. The molecule has 1 aliphatic carbocycles. The van der Waals surface area contributed by atoms with Gasteiger partial charge in [0, 0.05) is 18.1 Å². The van der Waals surface area contributed by atoms with Crippen LogP contribution in [-0.2, 0) is 4.79 Å². The summed E-state index contributed by atoms with van der Waals surface area (Å²) in [6.45, 7) is 7.62. The van der Waals surface area contributed by atoms with Gasteiger partial charge in [-0.2, -0.15) is 5.10 Å². The van der Waals surface area contributed by atoms with Crippen molar-refractivity contribution in [2.24, 2.45) is 5.92 Å². The Hall–Kier alpha value is -2.61. The first-order valence-corrected chi connectivity index (χ1v) is 6.89. The highest BCUT2D eigenvalue weighted by Crippen LogP contribution is 2.30. The number of anilines is 1. The summed E-state index contributed by atoms with van der Waals surface area (Å²) < 4.78 is 1.70. The van der Waals surface area contributed by atoms with Gasteiger partial charge in [-0.15, -0.1) is 0 Å². The molecule has 0 bridgehead atoms. The Balaban J connectivity index is 2.06. The maximum Gasteiger partial charge on any atom is 0.228 e. The molecular weight excluding hydrogens is 264 g/mol. The molecule has 1 saturated carbocycles. The predicted octanol–water partition coefficient (Wildman–Crippen LogP) is 2.48. The van der Waals surface area contributed by atoms with Gasteiger partial charge in [0.05, 0.1) is 5.69 Å². The van der Waals surface area contributed by atoms with Crippen LogP contribution in [0.15, 0.2) is 18.7 Å². The SMILES string of the molecule is C=C(C)c1cc(NC(=O)C2CC2)nc2cc(C#CC)nn12. The second kappa shape index (κ2) is 5.06. The number of carbonyl (C=O) groups excluding carboxylic acids is 1. The van der Waals surface area contributed by atoms with Crippen molar-refractivity contribution in [1.82, 2.24) is 14.6 Å². The van der Waals surface area contributed by atoms with Gasteiger partial charge in [-0.1, -0.05) is 12.5 Å². The Kier molecular flexibility index (Phi) is 3.22. The zero-order chi connectivity index (χ0) is 15.0. The molecule has 1 amide bonds. The lowest BCUT2D eigenvalue weighted by Crippen LogP contribution is -2.15.